The summed E-state index contributed by atoms with van der Waals surface area (Å²) in [6.45, 7) is 5.80. The number of halogens is 2. The zero-order valence-corrected chi connectivity index (χ0v) is 16.0. The number of aromatic nitrogens is 2. The third-order valence-corrected chi connectivity index (χ3v) is 5.29. The summed E-state index contributed by atoms with van der Waals surface area (Å²) < 4.78 is -0.194. The van der Waals surface area contributed by atoms with Crippen LogP contribution in [0.15, 0.2) is 56.8 Å². The Balaban J connectivity index is 2.20. The summed E-state index contributed by atoms with van der Waals surface area (Å²) >= 11 is 13.1. The minimum atomic E-state index is -0.538. The number of nitrogens with one attached hydrogen (secondary N) is 1. The molecule has 8 heteroatoms. The Kier molecular flexibility index (Phi) is 5.36. The van der Waals surface area contributed by atoms with E-state index in [9.17, 15) is 10.1 Å². The molecule has 0 unspecified atom stereocenters. The van der Waals surface area contributed by atoms with Crippen LogP contribution in [-0.2, 0) is 0 Å². The largest absolute Gasteiger partial charge is 0.333 e. The van der Waals surface area contributed by atoms with Crippen molar-refractivity contribution in [2.45, 2.75) is 11.8 Å². The highest BCUT2D eigenvalue weighted by Crippen LogP contribution is 2.37. The van der Waals surface area contributed by atoms with Crippen LogP contribution in [0.2, 0.25) is 0 Å². The number of aryl methyl sites for hydroxylation is 1. The van der Waals surface area contributed by atoms with Crippen LogP contribution in [0.4, 0.5) is 0 Å². The third-order valence-electron chi connectivity index (χ3n) is 3.58. The summed E-state index contributed by atoms with van der Waals surface area (Å²) in [6, 6.07) is 12.8. The molecule has 1 aromatic heterocycles. The van der Waals surface area contributed by atoms with Crippen LogP contribution in [0, 0.1) is 17.0 Å². The molecule has 0 aliphatic heterocycles. The molecule has 0 radical (unpaired) electrons. The molecule has 1 heterocycles. The van der Waals surface area contributed by atoms with E-state index in [0.29, 0.717) is 11.0 Å². The molecule has 0 aliphatic carbocycles. The van der Waals surface area contributed by atoms with Crippen molar-refractivity contribution in [3.63, 3.8) is 0 Å². The van der Waals surface area contributed by atoms with E-state index in [0.717, 1.165) is 27.4 Å². The lowest BCUT2D eigenvalue weighted by molar-refractivity contribution is -0.376. The first-order chi connectivity index (χ1) is 12.3. The van der Waals surface area contributed by atoms with Crippen molar-refractivity contribution < 1.29 is 4.92 Å². The molecule has 132 valence electrons. The Bertz CT molecular complexity index is 1130. The first-order valence-corrected chi connectivity index (χ1v) is 9.06. The van der Waals surface area contributed by atoms with Crippen LogP contribution in [-0.4, -0.2) is 14.9 Å². The maximum Gasteiger partial charge on any atom is 0.327 e. The van der Waals surface area contributed by atoms with Gasteiger partial charge >= 0.3 is 5.70 Å². The van der Waals surface area contributed by atoms with Gasteiger partial charge in [0.15, 0.2) is 0 Å². The first kappa shape index (κ1) is 18.5. The van der Waals surface area contributed by atoms with Gasteiger partial charge in [-0.05, 0) is 36.4 Å². The summed E-state index contributed by atoms with van der Waals surface area (Å²) in [7, 11) is 0. The van der Waals surface area contributed by atoms with Gasteiger partial charge in [-0.3, -0.25) is 10.1 Å². The molecule has 0 amide bonds. The van der Waals surface area contributed by atoms with Gasteiger partial charge < -0.3 is 4.98 Å². The number of nitro groups is 1. The molecule has 2 aromatic carbocycles. The van der Waals surface area contributed by atoms with Crippen molar-refractivity contribution in [3.05, 3.63) is 78.2 Å². The summed E-state index contributed by atoms with van der Waals surface area (Å²) in [5.74, 6) is 0. The Morgan fingerprint density at radius 3 is 2.54 bits per heavy atom. The minimum Gasteiger partial charge on any atom is -0.333 e. The molecule has 3 aromatic rings. The fourth-order valence-electron chi connectivity index (χ4n) is 2.35. The standard InChI is InChI=1S/C18H13Cl2N3O2S/c1-10-3-6-12(7-4-10)26-16(17(19)20)15(23(24)25)18-21-13-8-5-11(2)9-14(13)22-18/h3-9,22H,2H2,1H3/b18-15-. The van der Waals surface area contributed by atoms with Gasteiger partial charge in [-0.2, -0.15) is 0 Å². The predicted molar refractivity (Wildman–Crippen MR) is 107 cm³/mol. The highest BCUT2D eigenvalue weighted by atomic mass is 35.5. The van der Waals surface area contributed by atoms with Gasteiger partial charge in [0, 0.05) is 4.90 Å². The number of aromatic amines is 1. The van der Waals surface area contributed by atoms with E-state index >= 15 is 0 Å². The van der Waals surface area contributed by atoms with Crippen molar-refractivity contribution in [1.82, 2.24) is 9.97 Å². The molecule has 5 nitrogen and oxygen atoms in total. The van der Waals surface area contributed by atoms with Gasteiger partial charge in [-0.15, -0.1) is 0 Å². The summed E-state index contributed by atoms with van der Waals surface area (Å²) in [5, 5.41) is 12.5. The SMILES string of the molecule is C=c1ccc2n/c(=C(\C(Sc3ccc(C)cc3)=C(Cl)Cl)[N+](=O)[O-])[nH]c2c1. The number of fused-ring (bicyclic) bond motifs is 1. The molecule has 0 atom stereocenters. The van der Waals surface area contributed by atoms with Gasteiger partial charge in [-0.1, -0.05) is 65.3 Å². The van der Waals surface area contributed by atoms with Crippen LogP contribution in [0.5, 0.6) is 0 Å². The van der Waals surface area contributed by atoms with E-state index in [4.69, 9.17) is 23.2 Å². The molecule has 3 rings (SSSR count). The Morgan fingerprint density at radius 2 is 1.92 bits per heavy atom. The molecule has 0 aliphatic rings. The van der Waals surface area contributed by atoms with E-state index in [1.165, 1.54) is 0 Å². The number of hydrogen-bond acceptors (Lipinski definition) is 4. The fourth-order valence-corrected chi connectivity index (χ4v) is 3.61. The topological polar surface area (TPSA) is 71.8 Å². The molecule has 0 saturated heterocycles. The quantitative estimate of drug-likeness (QED) is 0.402. The Morgan fingerprint density at radius 1 is 1.23 bits per heavy atom. The van der Waals surface area contributed by atoms with Crippen molar-refractivity contribution in [2.24, 2.45) is 0 Å². The average Bonchev–Trinajstić information content (AvgIpc) is 2.98. The summed E-state index contributed by atoms with van der Waals surface area (Å²) in [6.07, 6.45) is 0. The number of rotatable bonds is 4. The molecule has 0 saturated carbocycles. The first-order valence-electron chi connectivity index (χ1n) is 7.49. The lowest BCUT2D eigenvalue weighted by atomic mass is 10.2. The van der Waals surface area contributed by atoms with Crippen LogP contribution >= 0.6 is 35.0 Å². The molecule has 0 fully saturated rings. The smallest absolute Gasteiger partial charge is 0.327 e. The summed E-state index contributed by atoms with van der Waals surface area (Å²) in [4.78, 5) is 19.4. The lowest BCUT2D eigenvalue weighted by Crippen LogP contribution is -2.17. The second-order valence-electron chi connectivity index (χ2n) is 5.55. The second kappa shape index (κ2) is 7.53. The molecule has 0 spiro atoms. The monoisotopic (exact) mass is 405 g/mol. The van der Waals surface area contributed by atoms with Crippen molar-refractivity contribution in [3.8, 4) is 0 Å². The van der Waals surface area contributed by atoms with E-state index in [1.54, 1.807) is 18.2 Å². The number of benzene rings is 2. The number of nitrogens with zero attached hydrogens (tertiary/aromatic N) is 2. The fraction of sp³-hybridized carbons (Fsp3) is 0.0556. The third kappa shape index (κ3) is 3.93. The van der Waals surface area contributed by atoms with Crippen LogP contribution < -0.4 is 10.7 Å². The minimum absolute atomic E-state index is 0.0870. The van der Waals surface area contributed by atoms with Crippen molar-refractivity contribution >= 4 is 58.3 Å². The number of thioether (sulfide) groups is 1. The van der Waals surface area contributed by atoms with Gasteiger partial charge in [0.05, 0.1) is 16.0 Å². The molecule has 0 bridgehead atoms. The van der Waals surface area contributed by atoms with Gasteiger partial charge in [-0.25, -0.2) is 4.98 Å². The second-order valence-corrected chi connectivity index (χ2v) is 7.58. The van der Waals surface area contributed by atoms with Gasteiger partial charge in [0.25, 0.3) is 0 Å². The van der Waals surface area contributed by atoms with E-state index < -0.39 is 4.92 Å². The number of imidazole rings is 1. The zero-order chi connectivity index (χ0) is 18.8. The van der Waals surface area contributed by atoms with E-state index in [-0.39, 0.29) is 20.6 Å². The van der Waals surface area contributed by atoms with Crippen LogP contribution in [0.25, 0.3) is 23.3 Å². The normalized spacial score (nSPS) is 12.1. The Labute approximate surface area is 163 Å². The van der Waals surface area contributed by atoms with E-state index in [1.807, 2.05) is 31.2 Å². The number of hydrogen-bond donors (Lipinski definition) is 1. The highest BCUT2D eigenvalue weighted by molar-refractivity contribution is 8.03. The molecule has 26 heavy (non-hydrogen) atoms. The molecule has 1 N–H and O–H groups in total. The van der Waals surface area contributed by atoms with Gasteiger partial charge in [0.1, 0.15) is 9.40 Å². The Hall–Kier alpha value is -2.28. The van der Waals surface area contributed by atoms with Crippen molar-refractivity contribution in [2.75, 3.05) is 0 Å². The van der Waals surface area contributed by atoms with Crippen molar-refractivity contribution in [1.29, 1.82) is 0 Å². The highest BCUT2D eigenvalue weighted by Gasteiger charge is 2.25. The molecular weight excluding hydrogens is 393 g/mol. The average molecular weight is 406 g/mol. The summed E-state index contributed by atoms with van der Waals surface area (Å²) in [5.41, 5.74) is 2.13. The van der Waals surface area contributed by atoms with Gasteiger partial charge in [0.2, 0.25) is 5.48 Å². The predicted octanol–water partition coefficient (Wildman–Crippen LogP) is 4.11. The van der Waals surface area contributed by atoms with E-state index in [2.05, 4.69) is 16.5 Å². The molecular formula is C18H13Cl2N3O2S. The van der Waals surface area contributed by atoms with Crippen LogP contribution in [0.1, 0.15) is 5.56 Å². The maximum absolute atomic E-state index is 11.8. The lowest BCUT2D eigenvalue weighted by Gasteiger charge is -2.05. The van der Waals surface area contributed by atoms with Crippen LogP contribution in [0.3, 0.4) is 0 Å². The zero-order valence-electron chi connectivity index (χ0n) is 13.6. The maximum atomic E-state index is 11.8. The number of H-pyrrole nitrogens is 1.